The maximum absolute atomic E-state index is 12.8. The summed E-state index contributed by atoms with van der Waals surface area (Å²) in [7, 11) is 0. The first-order chi connectivity index (χ1) is 15.2. The molecule has 0 saturated carbocycles. The zero-order valence-corrected chi connectivity index (χ0v) is 18.8. The van der Waals surface area contributed by atoms with E-state index in [1.807, 2.05) is 40.6 Å². The molecule has 1 aliphatic heterocycles. The lowest BCUT2D eigenvalue weighted by Crippen LogP contribution is -2.36. The Hall–Kier alpha value is -2.70. The van der Waals surface area contributed by atoms with Crippen LogP contribution < -0.4 is 4.74 Å². The van der Waals surface area contributed by atoms with Gasteiger partial charge in [0.15, 0.2) is 0 Å². The zero-order chi connectivity index (χ0) is 21.5. The van der Waals surface area contributed by atoms with Gasteiger partial charge in [-0.2, -0.15) is 0 Å². The zero-order valence-electron chi connectivity index (χ0n) is 18.0. The summed E-state index contributed by atoms with van der Waals surface area (Å²) in [6, 6.07) is 18.5. The minimum atomic E-state index is 0.165. The molecule has 5 nitrogen and oxygen atoms in total. The molecule has 162 valence electrons. The highest BCUT2D eigenvalue weighted by molar-refractivity contribution is 7.09. The number of amides is 1. The van der Waals surface area contributed by atoms with Gasteiger partial charge in [-0.05, 0) is 31.0 Å². The first kappa shape index (κ1) is 21.5. The van der Waals surface area contributed by atoms with Crippen molar-refractivity contribution in [3.8, 4) is 5.75 Å². The molecule has 1 amide bonds. The normalized spacial score (nSPS) is 14.9. The summed E-state index contributed by atoms with van der Waals surface area (Å²) < 4.78 is 5.81. The number of hydrogen-bond acceptors (Lipinski definition) is 5. The van der Waals surface area contributed by atoms with E-state index in [1.165, 1.54) is 11.1 Å². The van der Waals surface area contributed by atoms with Crippen LogP contribution in [0.4, 0.5) is 0 Å². The molecule has 0 N–H and O–H groups in total. The molecular formula is C25H29N3O2S. The first-order valence-corrected chi connectivity index (χ1v) is 11.7. The molecule has 0 bridgehead atoms. The first-order valence-electron chi connectivity index (χ1n) is 10.8. The van der Waals surface area contributed by atoms with E-state index in [1.54, 1.807) is 11.3 Å². The molecule has 1 aliphatic rings. The summed E-state index contributed by atoms with van der Waals surface area (Å²) in [6.07, 6.45) is 1.37. The minimum absolute atomic E-state index is 0.165. The lowest BCUT2D eigenvalue weighted by molar-refractivity contribution is -0.130. The maximum Gasteiger partial charge on any atom is 0.228 e. The van der Waals surface area contributed by atoms with Gasteiger partial charge in [0.25, 0.3) is 0 Å². The Bertz CT molecular complexity index is 972. The highest BCUT2D eigenvalue weighted by Gasteiger charge is 2.20. The Morgan fingerprint density at radius 1 is 1.03 bits per heavy atom. The van der Waals surface area contributed by atoms with Crippen LogP contribution in [0.2, 0.25) is 0 Å². The van der Waals surface area contributed by atoms with Crippen LogP contribution in [-0.2, 0) is 24.4 Å². The lowest BCUT2D eigenvalue weighted by atomic mass is 10.2. The van der Waals surface area contributed by atoms with E-state index in [4.69, 9.17) is 4.74 Å². The van der Waals surface area contributed by atoms with Crippen molar-refractivity contribution in [2.24, 2.45) is 0 Å². The number of thiazole rings is 1. The molecule has 4 rings (SSSR count). The van der Waals surface area contributed by atoms with Gasteiger partial charge in [-0.1, -0.05) is 48.0 Å². The van der Waals surface area contributed by atoms with Crippen molar-refractivity contribution < 1.29 is 9.53 Å². The molecule has 1 aromatic heterocycles. The number of rotatable bonds is 7. The van der Waals surface area contributed by atoms with Crippen LogP contribution in [0.1, 0.15) is 28.2 Å². The second-order valence-electron chi connectivity index (χ2n) is 8.01. The highest BCUT2D eigenvalue weighted by Crippen LogP contribution is 2.17. The van der Waals surface area contributed by atoms with E-state index in [0.717, 1.165) is 55.6 Å². The van der Waals surface area contributed by atoms with Crippen molar-refractivity contribution in [1.82, 2.24) is 14.8 Å². The molecule has 0 atom stereocenters. The van der Waals surface area contributed by atoms with Gasteiger partial charge >= 0.3 is 0 Å². The summed E-state index contributed by atoms with van der Waals surface area (Å²) in [5.41, 5.74) is 3.37. The van der Waals surface area contributed by atoms with E-state index in [0.29, 0.717) is 13.0 Å². The Balaban J connectivity index is 1.25. The average Bonchev–Trinajstić information content (AvgIpc) is 3.09. The van der Waals surface area contributed by atoms with Gasteiger partial charge in [-0.25, -0.2) is 4.98 Å². The van der Waals surface area contributed by atoms with Crippen molar-refractivity contribution in [1.29, 1.82) is 0 Å². The number of ether oxygens (including phenoxy) is 1. The minimum Gasteiger partial charge on any atom is -0.486 e. The Morgan fingerprint density at radius 2 is 1.84 bits per heavy atom. The third kappa shape index (κ3) is 6.39. The standard InChI is InChI=1S/C25H29N3O2S/c1-20-8-10-23(11-9-20)30-18-24-26-22(19-31-24)16-25(29)28-13-5-12-27(14-15-28)17-21-6-3-2-4-7-21/h2-4,6-11,19H,5,12-18H2,1H3. The van der Waals surface area contributed by atoms with Gasteiger partial charge in [0.2, 0.25) is 5.91 Å². The number of aryl methyl sites for hydroxylation is 1. The number of carbonyl (C=O) groups is 1. The smallest absolute Gasteiger partial charge is 0.228 e. The molecule has 0 unspecified atom stereocenters. The van der Waals surface area contributed by atoms with Crippen LogP contribution >= 0.6 is 11.3 Å². The van der Waals surface area contributed by atoms with Gasteiger partial charge in [-0.3, -0.25) is 9.69 Å². The fraction of sp³-hybridized carbons (Fsp3) is 0.360. The number of aromatic nitrogens is 1. The van der Waals surface area contributed by atoms with Crippen LogP contribution in [0.25, 0.3) is 0 Å². The molecule has 31 heavy (non-hydrogen) atoms. The molecule has 2 heterocycles. The SMILES string of the molecule is Cc1ccc(OCc2nc(CC(=O)N3CCCN(Cc4ccccc4)CC3)cs2)cc1. The average molecular weight is 436 g/mol. The van der Waals surface area contributed by atoms with Gasteiger partial charge in [0, 0.05) is 38.1 Å². The molecule has 6 heteroatoms. The molecule has 2 aromatic carbocycles. The van der Waals surface area contributed by atoms with Crippen LogP contribution in [0.5, 0.6) is 5.75 Å². The Kier molecular flexibility index (Phi) is 7.33. The van der Waals surface area contributed by atoms with Crippen LogP contribution in [0.15, 0.2) is 60.0 Å². The summed E-state index contributed by atoms with van der Waals surface area (Å²) >= 11 is 1.55. The molecule has 1 saturated heterocycles. The molecule has 0 aliphatic carbocycles. The van der Waals surface area contributed by atoms with Gasteiger partial charge in [0.05, 0.1) is 12.1 Å². The van der Waals surface area contributed by atoms with Crippen molar-refractivity contribution in [3.63, 3.8) is 0 Å². The van der Waals surface area contributed by atoms with Crippen molar-refractivity contribution in [3.05, 3.63) is 81.8 Å². The number of hydrogen-bond donors (Lipinski definition) is 0. The largest absolute Gasteiger partial charge is 0.486 e. The maximum atomic E-state index is 12.8. The molecule has 3 aromatic rings. The topological polar surface area (TPSA) is 45.7 Å². The fourth-order valence-electron chi connectivity index (χ4n) is 3.76. The summed E-state index contributed by atoms with van der Waals surface area (Å²) in [4.78, 5) is 21.9. The second-order valence-corrected chi connectivity index (χ2v) is 8.95. The van der Waals surface area contributed by atoms with Crippen LogP contribution in [-0.4, -0.2) is 46.9 Å². The third-order valence-electron chi connectivity index (χ3n) is 5.51. The van der Waals surface area contributed by atoms with Gasteiger partial charge < -0.3 is 9.64 Å². The fourth-order valence-corrected chi connectivity index (χ4v) is 4.47. The monoisotopic (exact) mass is 435 g/mol. The van der Waals surface area contributed by atoms with Crippen LogP contribution in [0.3, 0.4) is 0 Å². The molecule has 0 spiro atoms. The van der Waals surface area contributed by atoms with E-state index in [-0.39, 0.29) is 5.91 Å². The second kappa shape index (κ2) is 10.6. The predicted molar refractivity (Wildman–Crippen MR) is 124 cm³/mol. The van der Waals surface area contributed by atoms with Gasteiger partial charge in [-0.15, -0.1) is 11.3 Å². The molecular weight excluding hydrogens is 406 g/mol. The van der Waals surface area contributed by atoms with Crippen molar-refractivity contribution in [2.75, 3.05) is 26.2 Å². The molecule has 0 radical (unpaired) electrons. The van der Waals surface area contributed by atoms with Gasteiger partial charge in [0.1, 0.15) is 17.4 Å². The number of benzene rings is 2. The summed E-state index contributed by atoms with van der Waals surface area (Å²) in [6.45, 7) is 6.96. The lowest BCUT2D eigenvalue weighted by Gasteiger charge is -2.22. The van der Waals surface area contributed by atoms with Crippen molar-refractivity contribution >= 4 is 17.2 Å². The summed E-state index contributed by atoms with van der Waals surface area (Å²) in [5, 5.41) is 2.87. The van der Waals surface area contributed by atoms with E-state index < -0.39 is 0 Å². The molecule has 1 fully saturated rings. The third-order valence-corrected chi connectivity index (χ3v) is 6.38. The van der Waals surface area contributed by atoms with E-state index in [2.05, 4.69) is 41.1 Å². The highest BCUT2D eigenvalue weighted by atomic mass is 32.1. The number of nitrogens with zero attached hydrogens (tertiary/aromatic N) is 3. The Labute approximate surface area is 188 Å². The van der Waals surface area contributed by atoms with E-state index in [9.17, 15) is 4.79 Å². The number of carbonyl (C=O) groups excluding carboxylic acids is 1. The van der Waals surface area contributed by atoms with E-state index >= 15 is 0 Å². The quantitative estimate of drug-likeness (QED) is 0.555. The van der Waals surface area contributed by atoms with Crippen LogP contribution in [0, 0.1) is 6.92 Å². The summed E-state index contributed by atoms with van der Waals surface area (Å²) in [5.74, 6) is 1.00. The van der Waals surface area contributed by atoms with Crippen molar-refractivity contribution in [2.45, 2.75) is 32.9 Å². The Morgan fingerprint density at radius 3 is 2.65 bits per heavy atom. The predicted octanol–water partition coefficient (Wildman–Crippen LogP) is 4.31.